The van der Waals surface area contributed by atoms with E-state index in [-0.39, 0.29) is 17.2 Å². The van der Waals surface area contributed by atoms with Gasteiger partial charge >= 0.3 is 10.3 Å². The fraction of sp³-hybridized carbons (Fsp3) is 0.308. The van der Waals surface area contributed by atoms with Crippen LogP contribution in [0.25, 0.3) is 0 Å². The highest BCUT2D eigenvalue weighted by Crippen LogP contribution is 2.21. The molecule has 1 aliphatic rings. The van der Waals surface area contributed by atoms with Crippen molar-refractivity contribution in [3.63, 3.8) is 0 Å². The Kier molecular flexibility index (Phi) is 9.63. The third-order valence-electron chi connectivity index (χ3n) is 5.66. The molecule has 0 radical (unpaired) electrons. The fourth-order valence-electron chi connectivity index (χ4n) is 3.87. The summed E-state index contributed by atoms with van der Waals surface area (Å²) in [4.78, 5) is 2.48. The molecule has 0 aromatic heterocycles. The summed E-state index contributed by atoms with van der Waals surface area (Å²) >= 11 is 0. The van der Waals surface area contributed by atoms with E-state index in [9.17, 15) is 16.8 Å². The summed E-state index contributed by atoms with van der Waals surface area (Å²) < 4.78 is 55.6. The summed E-state index contributed by atoms with van der Waals surface area (Å²) in [5.41, 5.74) is 2.62. The van der Waals surface area contributed by atoms with Gasteiger partial charge in [0.25, 0.3) is 0 Å². The lowest BCUT2D eigenvalue weighted by atomic mass is 10.1. The molecule has 3 rings (SSSR count). The Morgan fingerprint density at radius 3 is 2.25 bits per heavy atom. The number of allylic oxidation sites excluding steroid dienone is 2. The number of sulfonamides is 1. The first-order chi connectivity index (χ1) is 17.1. The van der Waals surface area contributed by atoms with Gasteiger partial charge in [0.1, 0.15) is 5.76 Å². The molecule has 0 amide bonds. The predicted molar refractivity (Wildman–Crippen MR) is 141 cm³/mol. The lowest BCUT2D eigenvalue weighted by Gasteiger charge is -2.24. The second-order valence-corrected chi connectivity index (χ2v) is 11.7. The quantitative estimate of drug-likeness (QED) is 0.528. The predicted octanol–water partition coefficient (Wildman–Crippen LogP) is 3.71. The zero-order chi connectivity index (χ0) is 26.2. The molecule has 2 aromatic rings. The molecule has 36 heavy (non-hydrogen) atoms. The van der Waals surface area contributed by atoms with Crippen LogP contribution in [0.2, 0.25) is 0 Å². The molecule has 0 saturated heterocycles. The van der Waals surface area contributed by atoms with Crippen molar-refractivity contribution in [1.29, 1.82) is 0 Å². The second-order valence-electron chi connectivity index (χ2n) is 8.60. The highest BCUT2D eigenvalue weighted by atomic mass is 32.2. The van der Waals surface area contributed by atoms with Crippen LogP contribution in [0, 0.1) is 0 Å². The van der Waals surface area contributed by atoms with E-state index in [0.29, 0.717) is 31.5 Å². The summed E-state index contributed by atoms with van der Waals surface area (Å²) in [5, 5.41) is 4.97. The van der Waals surface area contributed by atoms with Gasteiger partial charge in [-0.05, 0) is 60.4 Å². The van der Waals surface area contributed by atoms with Crippen molar-refractivity contribution >= 4 is 20.3 Å². The fourth-order valence-corrected chi connectivity index (χ4v) is 5.73. The monoisotopic (exact) mass is 531 g/mol. The van der Waals surface area contributed by atoms with Gasteiger partial charge in [-0.2, -0.15) is 17.9 Å². The van der Waals surface area contributed by atoms with Crippen molar-refractivity contribution in [1.82, 2.24) is 9.21 Å². The smallest absolute Gasteiger partial charge is 0.371 e. The van der Waals surface area contributed by atoms with E-state index in [0.717, 1.165) is 18.7 Å². The lowest BCUT2D eigenvalue weighted by molar-refractivity contribution is 0.271. The normalized spacial score (nSPS) is 18.4. The highest BCUT2D eigenvalue weighted by Gasteiger charge is 2.25. The number of nitrogens with zero attached hydrogens (tertiary/aromatic N) is 2. The van der Waals surface area contributed by atoms with Crippen molar-refractivity contribution in [3.8, 4) is 0 Å². The number of hydrogen-bond donors (Lipinski definition) is 1. The van der Waals surface area contributed by atoms with Crippen LogP contribution in [-0.4, -0.2) is 45.7 Å². The molecule has 0 aliphatic carbocycles. The third-order valence-corrected chi connectivity index (χ3v) is 7.95. The number of nitrogens with two attached hydrogens (primary N) is 1. The molecule has 0 bridgehead atoms. The number of rotatable bonds is 9. The Morgan fingerprint density at radius 1 is 1.00 bits per heavy atom. The molecular weight excluding hydrogens is 498 g/mol. The van der Waals surface area contributed by atoms with Gasteiger partial charge < -0.3 is 4.18 Å². The van der Waals surface area contributed by atoms with E-state index in [2.05, 4.69) is 30.5 Å². The molecule has 8 nitrogen and oxygen atoms in total. The average molecular weight is 532 g/mol. The molecule has 2 aromatic carbocycles. The van der Waals surface area contributed by atoms with E-state index >= 15 is 0 Å². The second kappa shape index (κ2) is 12.5. The standard InChI is InChI=1S/C26H33N3O5S2/c1-3-28(20-23-10-6-4-7-11-23)21-24-13-15-26(16-14-24)35(30,31)29-17-9-5-8-12-25(18-22(2)19-29)34-36(27,32)33/h4,6-8,10-16,18H,2-3,5,9,17,19-21H2,1H3,(H2,27,32,33)/b12-8-,25-18+. The first kappa shape index (κ1) is 27.8. The van der Waals surface area contributed by atoms with Crippen LogP contribution >= 0.6 is 0 Å². The van der Waals surface area contributed by atoms with Gasteiger partial charge in [-0.1, -0.05) is 62.0 Å². The lowest BCUT2D eigenvalue weighted by Crippen LogP contribution is -2.33. The molecule has 194 valence electrons. The number of benzene rings is 2. The Bertz CT molecular complexity index is 1300. The SMILES string of the molecule is C=C1/C=C(OS(N)(=O)=O)\C=C/CCCN(S(=O)(=O)c2ccc(CN(CC)Cc3ccccc3)cc2)C1. The first-order valence-corrected chi connectivity index (χ1v) is 14.6. The van der Waals surface area contributed by atoms with Crippen molar-refractivity contribution in [2.24, 2.45) is 5.14 Å². The molecule has 10 heteroatoms. The van der Waals surface area contributed by atoms with Gasteiger partial charge in [0.05, 0.1) is 4.90 Å². The van der Waals surface area contributed by atoms with Gasteiger partial charge in [-0.25, -0.2) is 8.42 Å². The van der Waals surface area contributed by atoms with Crippen LogP contribution in [0.1, 0.15) is 30.9 Å². The Labute approximate surface area is 214 Å². The van der Waals surface area contributed by atoms with E-state index in [1.807, 2.05) is 30.3 Å². The maximum Gasteiger partial charge on any atom is 0.380 e. The van der Waals surface area contributed by atoms with Crippen molar-refractivity contribution in [2.45, 2.75) is 37.8 Å². The van der Waals surface area contributed by atoms with Crippen LogP contribution in [0.5, 0.6) is 0 Å². The zero-order valence-corrected chi connectivity index (χ0v) is 22.0. The zero-order valence-electron chi connectivity index (χ0n) is 20.4. The molecule has 0 fully saturated rings. The maximum absolute atomic E-state index is 13.4. The molecule has 2 N–H and O–H groups in total. The summed E-state index contributed by atoms with van der Waals surface area (Å²) in [6.07, 6.45) is 5.68. The van der Waals surface area contributed by atoms with Gasteiger partial charge in [0.2, 0.25) is 10.0 Å². The molecule has 1 aliphatic heterocycles. The molecule has 0 unspecified atom stereocenters. The minimum Gasteiger partial charge on any atom is -0.371 e. The van der Waals surface area contributed by atoms with Gasteiger partial charge in [-0.15, -0.1) is 0 Å². The van der Waals surface area contributed by atoms with Gasteiger partial charge in [0, 0.05) is 26.2 Å². The third kappa shape index (κ3) is 8.42. The summed E-state index contributed by atoms with van der Waals surface area (Å²) in [6.45, 7) is 8.66. The van der Waals surface area contributed by atoms with Crippen LogP contribution < -0.4 is 5.14 Å². The summed E-state index contributed by atoms with van der Waals surface area (Å²) in [6, 6.07) is 17.2. The van der Waals surface area contributed by atoms with E-state index in [4.69, 9.17) is 9.32 Å². The van der Waals surface area contributed by atoms with Crippen LogP contribution in [0.4, 0.5) is 0 Å². The molecule has 0 saturated carbocycles. The van der Waals surface area contributed by atoms with E-state index in [1.54, 1.807) is 18.2 Å². The van der Waals surface area contributed by atoms with Crippen LogP contribution in [0.15, 0.2) is 95.6 Å². The van der Waals surface area contributed by atoms with Gasteiger partial charge in [0.15, 0.2) is 0 Å². The first-order valence-electron chi connectivity index (χ1n) is 11.7. The molecule has 0 spiro atoms. The molecule has 1 heterocycles. The minimum atomic E-state index is -4.21. The summed E-state index contributed by atoms with van der Waals surface area (Å²) in [5.74, 6) is -0.0120. The topological polar surface area (TPSA) is 110 Å². The average Bonchev–Trinajstić information content (AvgIpc) is 2.82. The van der Waals surface area contributed by atoms with Crippen molar-refractivity contribution < 1.29 is 21.0 Å². The van der Waals surface area contributed by atoms with E-state index in [1.165, 1.54) is 22.0 Å². The van der Waals surface area contributed by atoms with E-state index < -0.39 is 20.3 Å². The number of hydrogen-bond acceptors (Lipinski definition) is 6. The highest BCUT2D eigenvalue weighted by molar-refractivity contribution is 7.89. The summed E-state index contributed by atoms with van der Waals surface area (Å²) in [7, 11) is -8.00. The van der Waals surface area contributed by atoms with Crippen LogP contribution in [-0.2, 0) is 37.6 Å². The molecule has 0 atom stereocenters. The van der Waals surface area contributed by atoms with Crippen molar-refractivity contribution in [3.05, 3.63) is 102 Å². The molecular formula is C26H33N3O5S2. The minimum absolute atomic E-state index is 0.00388. The van der Waals surface area contributed by atoms with Gasteiger partial charge in [-0.3, -0.25) is 4.90 Å². The Balaban J connectivity index is 1.73. The maximum atomic E-state index is 13.4. The Morgan fingerprint density at radius 2 is 1.64 bits per heavy atom. The van der Waals surface area contributed by atoms with Crippen LogP contribution in [0.3, 0.4) is 0 Å². The largest absolute Gasteiger partial charge is 0.380 e. The Hall–Kier alpha value is -2.76. The van der Waals surface area contributed by atoms with Crippen molar-refractivity contribution in [2.75, 3.05) is 19.6 Å².